The molecule has 0 N–H and O–H groups in total. The predicted molar refractivity (Wildman–Crippen MR) is 94.2 cm³/mol. The van der Waals surface area contributed by atoms with E-state index in [1.165, 1.54) is 57.8 Å². The van der Waals surface area contributed by atoms with Gasteiger partial charge in [0, 0.05) is 5.41 Å². The second kappa shape index (κ2) is 9.06. The molecule has 1 aromatic rings. The molecule has 0 aliphatic rings. The number of nitrogens with zero attached hydrogens (tertiary/aromatic N) is 1. The molecule has 0 radical (unpaired) electrons. The Morgan fingerprint density at radius 3 is 2.15 bits per heavy atom. The Hall–Kier alpha value is -0.0600. The first-order valence-electron chi connectivity index (χ1n) is 8.17. The van der Waals surface area contributed by atoms with Crippen LogP contribution in [0.4, 0.5) is 0 Å². The summed E-state index contributed by atoms with van der Waals surface area (Å²) in [5, 5.41) is 0. The molecule has 0 aliphatic heterocycles. The standard InChI is InChI=1S/C17H30INO/c1-5-7-9-10-11-13-17(4,12-8-6-2)16-19-15(18)14(3)20-16/h5-13H2,1-4H3. The van der Waals surface area contributed by atoms with Crippen molar-refractivity contribution in [2.24, 2.45) is 0 Å². The third-order valence-electron chi connectivity index (χ3n) is 4.17. The lowest BCUT2D eigenvalue weighted by Gasteiger charge is -2.26. The first-order valence-corrected chi connectivity index (χ1v) is 9.24. The highest BCUT2D eigenvalue weighted by molar-refractivity contribution is 14.1. The van der Waals surface area contributed by atoms with Gasteiger partial charge in [-0.15, -0.1) is 0 Å². The lowest BCUT2D eigenvalue weighted by Crippen LogP contribution is -2.22. The number of oxazole rings is 1. The van der Waals surface area contributed by atoms with Crippen LogP contribution in [0.25, 0.3) is 0 Å². The van der Waals surface area contributed by atoms with Crippen molar-refractivity contribution in [1.82, 2.24) is 4.98 Å². The maximum absolute atomic E-state index is 5.94. The zero-order valence-electron chi connectivity index (χ0n) is 13.6. The Balaban J connectivity index is 2.65. The van der Waals surface area contributed by atoms with Crippen LogP contribution in [0.1, 0.15) is 90.2 Å². The van der Waals surface area contributed by atoms with Crippen LogP contribution in [0.3, 0.4) is 0 Å². The number of aryl methyl sites for hydroxylation is 1. The van der Waals surface area contributed by atoms with Crippen LogP contribution in [-0.2, 0) is 5.41 Å². The zero-order valence-corrected chi connectivity index (χ0v) is 15.8. The van der Waals surface area contributed by atoms with Gasteiger partial charge in [0.15, 0.2) is 0 Å². The summed E-state index contributed by atoms with van der Waals surface area (Å²) in [5.74, 6) is 1.93. The number of rotatable bonds is 10. The number of hydrogen-bond acceptors (Lipinski definition) is 2. The van der Waals surface area contributed by atoms with Gasteiger partial charge < -0.3 is 4.42 Å². The summed E-state index contributed by atoms with van der Waals surface area (Å²) >= 11 is 2.27. The Kier molecular flexibility index (Phi) is 8.15. The van der Waals surface area contributed by atoms with E-state index >= 15 is 0 Å². The largest absolute Gasteiger partial charge is 0.444 e. The van der Waals surface area contributed by atoms with E-state index in [1.807, 2.05) is 6.92 Å². The monoisotopic (exact) mass is 391 g/mol. The second-order valence-corrected chi connectivity index (χ2v) is 7.22. The lowest BCUT2D eigenvalue weighted by molar-refractivity contribution is 0.284. The van der Waals surface area contributed by atoms with Crippen molar-refractivity contribution in [2.45, 2.75) is 90.9 Å². The smallest absolute Gasteiger partial charge is 0.201 e. The van der Waals surface area contributed by atoms with E-state index in [2.05, 4.69) is 48.3 Å². The minimum absolute atomic E-state index is 0.121. The molecule has 0 aliphatic carbocycles. The summed E-state index contributed by atoms with van der Waals surface area (Å²) in [6.45, 7) is 8.87. The molecule has 20 heavy (non-hydrogen) atoms. The van der Waals surface area contributed by atoms with Crippen LogP contribution in [0, 0.1) is 10.6 Å². The Morgan fingerprint density at radius 1 is 1.00 bits per heavy atom. The van der Waals surface area contributed by atoms with E-state index < -0.39 is 0 Å². The highest BCUT2D eigenvalue weighted by atomic mass is 127. The maximum atomic E-state index is 5.94. The quantitative estimate of drug-likeness (QED) is 0.341. The fourth-order valence-electron chi connectivity index (χ4n) is 2.66. The van der Waals surface area contributed by atoms with Crippen molar-refractivity contribution in [3.8, 4) is 0 Å². The van der Waals surface area contributed by atoms with E-state index in [-0.39, 0.29) is 5.41 Å². The van der Waals surface area contributed by atoms with Gasteiger partial charge >= 0.3 is 0 Å². The van der Waals surface area contributed by atoms with Crippen LogP contribution < -0.4 is 0 Å². The van der Waals surface area contributed by atoms with Gasteiger partial charge in [0.1, 0.15) is 9.46 Å². The molecule has 0 spiro atoms. The van der Waals surface area contributed by atoms with Gasteiger partial charge in [-0.1, -0.05) is 65.7 Å². The molecule has 0 aromatic carbocycles. The topological polar surface area (TPSA) is 26.0 Å². The summed E-state index contributed by atoms with van der Waals surface area (Å²) in [5.41, 5.74) is 0.121. The van der Waals surface area contributed by atoms with Gasteiger partial charge in [-0.25, -0.2) is 4.98 Å². The number of aromatic nitrogens is 1. The van der Waals surface area contributed by atoms with Gasteiger partial charge in [-0.2, -0.15) is 0 Å². The first-order chi connectivity index (χ1) is 9.53. The molecule has 0 bridgehead atoms. The average molecular weight is 391 g/mol. The molecule has 1 aromatic heterocycles. The molecule has 0 amide bonds. The van der Waals surface area contributed by atoms with E-state index in [1.54, 1.807) is 0 Å². The maximum Gasteiger partial charge on any atom is 0.201 e. The Labute approximate surface area is 138 Å². The molecule has 1 atom stereocenters. The van der Waals surface area contributed by atoms with Crippen LogP contribution in [-0.4, -0.2) is 4.98 Å². The molecular weight excluding hydrogens is 361 g/mol. The zero-order chi connectivity index (χ0) is 15.0. The number of hydrogen-bond donors (Lipinski definition) is 0. The average Bonchev–Trinajstić information content (AvgIpc) is 2.77. The molecule has 116 valence electrons. The summed E-state index contributed by atoms with van der Waals surface area (Å²) in [4.78, 5) is 4.67. The normalized spacial score (nSPS) is 14.4. The van der Waals surface area contributed by atoms with Gasteiger partial charge in [-0.3, -0.25) is 0 Å². The summed E-state index contributed by atoms with van der Waals surface area (Å²) in [7, 11) is 0. The third-order valence-corrected chi connectivity index (χ3v) is 5.17. The van der Waals surface area contributed by atoms with Crippen LogP contribution in [0.5, 0.6) is 0 Å². The van der Waals surface area contributed by atoms with Gasteiger partial charge in [0.25, 0.3) is 0 Å². The van der Waals surface area contributed by atoms with Crippen molar-refractivity contribution >= 4 is 22.6 Å². The van der Waals surface area contributed by atoms with Gasteiger partial charge in [0.05, 0.1) is 0 Å². The highest BCUT2D eigenvalue weighted by Gasteiger charge is 2.31. The van der Waals surface area contributed by atoms with Crippen molar-refractivity contribution in [1.29, 1.82) is 0 Å². The highest BCUT2D eigenvalue weighted by Crippen LogP contribution is 2.35. The molecule has 1 heterocycles. The number of unbranched alkanes of at least 4 members (excludes halogenated alkanes) is 5. The minimum Gasteiger partial charge on any atom is -0.444 e. The van der Waals surface area contributed by atoms with Crippen molar-refractivity contribution < 1.29 is 4.42 Å². The van der Waals surface area contributed by atoms with E-state index in [0.29, 0.717) is 0 Å². The van der Waals surface area contributed by atoms with Gasteiger partial charge in [-0.05, 0) is 42.4 Å². The van der Waals surface area contributed by atoms with Crippen LogP contribution >= 0.6 is 22.6 Å². The fraction of sp³-hybridized carbons (Fsp3) is 0.824. The molecular formula is C17H30INO. The first kappa shape index (κ1) is 18.0. The predicted octanol–water partition coefficient (Wildman–Crippen LogP) is 6.40. The van der Waals surface area contributed by atoms with E-state index in [4.69, 9.17) is 4.42 Å². The molecule has 1 unspecified atom stereocenters. The Morgan fingerprint density at radius 2 is 1.60 bits per heavy atom. The van der Waals surface area contributed by atoms with Crippen molar-refractivity contribution in [3.63, 3.8) is 0 Å². The Bertz CT molecular complexity index is 369. The molecule has 2 nitrogen and oxygen atoms in total. The van der Waals surface area contributed by atoms with Crippen LogP contribution in [0.15, 0.2) is 4.42 Å². The van der Waals surface area contributed by atoms with Crippen LogP contribution in [0.2, 0.25) is 0 Å². The summed E-state index contributed by atoms with van der Waals surface area (Å²) < 4.78 is 6.96. The third kappa shape index (κ3) is 5.38. The second-order valence-electron chi connectivity index (χ2n) is 6.19. The molecule has 0 saturated heterocycles. The fourth-order valence-corrected chi connectivity index (χ4v) is 2.99. The molecule has 0 saturated carbocycles. The summed E-state index contributed by atoms with van der Waals surface area (Å²) in [6, 6.07) is 0. The van der Waals surface area contributed by atoms with E-state index in [0.717, 1.165) is 15.4 Å². The number of halogens is 1. The SMILES string of the molecule is CCCCCCCC(C)(CCCC)c1nc(I)c(C)o1. The molecule has 3 heteroatoms. The van der Waals surface area contributed by atoms with Crippen molar-refractivity contribution in [2.75, 3.05) is 0 Å². The molecule has 0 fully saturated rings. The lowest BCUT2D eigenvalue weighted by atomic mass is 9.80. The minimum atomic E-state index is 0.121. The molecule has 1 rings (SSSR count). The summed E-state index contributed by atoms with van der Waals surface area (Å²) in [6.07, 6.45) is 11.5. The van der Waals surface area contributed by atoms with E-state index in [9.17, 15) is 0 Å². The van der Waals surface area contributed by atoms with Crippen molar-refractivity contribution in [3.05, 3.63) is 15.4 Å². The van der Waals surface area contributed by atoms with Gasteiger partial charge in [0.2, 0.25) is 5.89 Å².